The smallest absolute Gasteiger partial charge is 0.260 e. The van der Waals surface area contributed by atoms with Crippen LogP contribution in [0.1, 0.15) is 12.8 Å². The van der Waals surface area contributed by atoms with Crippen LogP contribution in [0, 0.1) is 0 Å². The van der Waals surface area contributed by atoms with E-state index in [2.05, 4.69) is 11.1 Å². The summed E-state index contributed by atoms with van der Waals surface area (Å²) in [4.78, 5) is 18.4. The Balaban J connectivity index is 1.26. The van der Waals surface area contributed by atoms with Gasteiger partial charge < -0.3 is 14.4 Å². The molecule has 1 aliphatic heterocycles. The largest absolute Gasteiger partial charge is 0.489 e. The maximum absolute atomic E-state index is 12.5. The van der Waals surface area contributed by atoms with E-state index in [1.165, 1.54) is 0 Å². The van der Waals surface area contributed by atoms with Crippen LogP contribution in [0.5, 0.6) is 11.5 Å². The first-order chi connectivity index (χ1) is 13.3. The van der Waals surface area contributed by atoms with Crippen molar-refractivity contribution in [2.75, 3.05) is 19.7 Å². The number of benzene rings is 2. The number of likely N-dealkylation sites (tertiary alicyclic amines) is 1. The van der Waals surface area contributed by atoms with Crippen molar-refractivity contribution in [2.45, 2.75) is 18.9 Å². The van der Waals surface area contributed by atoms with Gasteiger partial charge in [-0.2, -0.15) is 0 Å². The van der Waals surface area contributed by atoms with Gasteiger partial charge in [0.15, 0.2) is 6.61 Å². The lowest BCUT2D eigenvalue weighted by molar-refractivity contribution is -0.135. The monoisotopic (exact) mass is 362 g/mol. The highest BCUT2D eigenvalue weighted by atomic mass is 16.5. The molecule has 0 bridgehead atoms. The zero-order valence-electron chi connectivity index (χ0n) is 15.1. The van der Waals surface area contributed by atoms with Crippen molar-refractivity contribution in [2.24, 2.45) is 0 Å². The van der Waals surface area contributed by atoms with E-state index in [-0.39, 0.29) is 18.6 Å². The topological polar surface area (TPSA) is 51.7 Å². The first-order valence-corrected chi connectivity index (χ1v) is 9.24. The van der Waals surface area contributed by atoms with Crippen LogP contribution in [0.2, 0.25) is 0 Å². The number of hydrogen-bond acceptors (Lipinski definition) is 4. The predicted octanol–water partition coefficient (Wildman–Crippen LogP) is 3.68. The average molecular weight is 362 g/mol. The molecule has 5 heteroatoms. The van der Waals surface area contributed by atoms with E-state index in [0.29, 0.717) is 13.1 Å². The molecule has 1 amide bonds. The molecular formula is C22H22N2O3. The Hall–Kier alpha value is -3.08. The molecule has 3 aromatic rings. The lowest BCUT2D eigenvalue weighted by atomic mass is 10.1. The Morgan fingerprint density at radius 3 is 2.59 bits per heavy atom. The minimum atomic E-state index is 0.0167. The van der Waals surface area contributed by atoms with Crippen molar-refractivity contribution < 1.29 is 14.3 Å². The second-order valence-corrected chi connectivity index (χ2v) is 6.68. The first-order valence-electron chi connectivity index (χ1n) is 9.24. The van der Waals surface area contributed by atoms with Gasteiger partial charge in [0.25, 0.3) is 5.91 Å². The quantitative estimate of drug-likeness (QED) is 0.695. The fourth-order valence-corrected chi connectivity index (χ4v) is 3.33. The number of carbonyl (C=O) groups is 1. The number of ether oxygens (including phenoxy) is 2. The van der Waals surface area contributed by atoms with Crippen molar-refractivity contribution in [3.8, 4) is 11.5 Å². The number of hydrogen-bond donors (Lipinski definition) is 0. The van der Waals surface area contributed by atoms with Crippen LogP contribution in [-0.2, 0) is 4.79 Å². The number of piperidine rings is 1. The molecule has 27 heavy (non-hydrogen) atoms. The van der Waals surface area contributed by atoms with Gasteiger partial charge in [0.05, 0.1) is 6.20 Å². The third-order valence-corrected chi connectivity index (χ3v) is 4.82. The lowest BCUT2D eigenvalue weighted by Crippen LogP contribution is -2.43. The van der Waals surface area contributed by atoms with Gasteiger partial charge in [0.2, 0.25) is 0 Å². The third kappa shape index (κ3) is 4.37. The van der Waals surface area contributed by atoms with E-state index in [1.807, 2.05) is 53.4 Å². The van der Waals surface area contributed by atoms with Crippen LogP contribution in [0.25, 0.3) is 10.8 Å². The minimum absolute atomic E-state index is 0.0167. The highest BCUT2D eigenvalue weighted by Gasteiger charge is 2.24. The fraction of sp³-hybridized carbons (Fsp3) is 0.273. The van der Waals surface area contributed by atoms with Gasteiger partial charge in [-0.15, -0.1) is 0 Å². The molecule has 1 aromatic heterocycles. The fourth-order valence-electron chi connectivity index (χ4n) is 3.33. The van der Waals surface area contributed by atoms with Crippen molar-refractivity contribution in [1.82, 2.24) is 9.88 Å². The molecule has 1 fully saturated rings. The van der Waals surface area contributed by atoms with Crippen LogP contribution >= 0.6 is 0 Å². The number of pyridine rings is 1. The van der Waals surface area contributed by atoms with Crippen LogP contribution in [0.15, 0.2) is 67.0 Å². The number of fused-ring (bicyclic) bond motifs is 1. The van der Waals surface area contributed by atoms with Crippen LogP contribution in [-0.4, -0.2) is 41.6 Å². The molecule has 2 heterocycles. The van der Waals surface area contributed by atoms with Gasteiger partial charge in [0.1, 0.15) is 17.6 Å². The SMILES string of the molecule is O=C(COc1ccc2ccccc2c1)N1CCC(Oc2cccnc2)CC1. The highest BCUT2D eigenvalue weighted by Crippen LogP contribution is 2.21. The van der Waals surface area contributed by atoms with Crippen LogP contribution in [0.3, 0.4) is 0 Å². The van der Waals surface area contributed by atoms with E-state index < -0.39 is 0 Å². The summed E-state index contributed by atoms with van der Waals surface area (Å²) in [5, 5.41) is 2.27. The molecule has 0 aliphatic carbocycles. The van der Waals surface area contributed by atoms with Crippen molar-refractivity contribution in [3.05, 3.63) is 67.0 Å². The number of nitrogens with zero attached hydrogens (tertiary/aromatic N) is 2. The third-order valence-electron chi connectivity index (χ3n) is 4.82. The lowest BCUT2D eigenvalue weighted by Gasteiger charge is -2.32. The average Bonchev–Trinajstić information content (AvgIpc) is 2.73. The Bertz CT molecular complexity index is 906. The Labute approximate surface area is 158 Å². The summed E-state index contributed by atoms with van der Waals surface area (Å²) < 4.78 is 11.6. The molecular weight excluding hydrogens is 340 g/mol. The van der Waals surface area contributed by atoms with E-state index in [1.54, 1.807) is 12.4 Å². The zero-order valence-corrected chi connectivity index (χ0v) is 15.1. The molecule has 0 atom stereocenters. The summed E-state index contributed by atoms with van der Waals surface area (Å²) in [5.74, 6) is 1.52. The van der Waals surface area contributed by atoms with E-state index in [0.717, 1.165) is 35.1 Å². The molecule has 4 rings (SSSR count). The van der Waals surface area contributed by atoms with Crippen molar-refractivity contribution in [3.63, 3.8) is 0 Å². The molecule has 0 unspecified atom stereocenters. The van der Waals surface area contributed by atoms with Crippen molar-refractivity contribution in [1.29, 1.82) is 0 Å². The van der Waals surface area contributed by atoms with E-state index >= 15 is 0 Å². The number of carbonyl (C=O) groups excluding carboxylic acids is 1. The van der Waals surface area contributed by atoms with Gasteiger partial charge in [-0.25, -0.2) is 0 Å². The summed E-state index contributed by atoms with van der Waals surface area (Å²) >= 11 is 0. The summed E-state index contributed by atoms with van der Waals surface area (Å²) in [6, 6.07) is 17.7. The summed E-state index contributed by atoms with van der Waals surface area (Å²) in [7, 11) is 0. The predicted molar refractivity (Wildman–Crippen MR) is 104 cm³/mol. The van der Waals surface area contributed by atoms with Gasteiger partial charge >= 0.3 is 0 Å². The molecule has 0 N–H and O–H groups in total. The molecule has 0 spiro atoms. The Morgan fingerprint density at radius 1 is 1.00 bits per heavy atom. The maximum atomic E-state index is 12.5. The Morgan fingerprint density at radius 2 is 1.81 bits per heavy atom. The minimum Gasteiger partial charge on any atom is -0.489 e. The van der Waals surface area contributed by atoms with Crippen LogP contribution in [0.4, 0.5) is 0 Å². The number of aromatic nitrogens is 1. The maximum Gasteiger partial charge on any atom is 0.260 e. The van der Waals surface area contributed by atoms with Gasteiger partial charge in [-0.3, -0.25) is 9.78 Å². The van der Waals surface area contributed by atoms with Gasteiger partial charge in [0, 0.05) is 32.1 Å². The summed E-state index contributed by atoms with van der Waals surface area (Å²) in [5.41, 5.74) is 0. The standard InChI is InChI=1S/C22H22N2O3/c25-22(16-26-20-8-7-17-4-1-2-5-18(17)14-20)24-12-9-19(10-13-24)27-21-6-3-11-23-15-21/h1-8,11,14-15,19H,9-10,12-13,16H2. The molecule has 1 saturated heterocycles. The number of amides is 1. The molecule has 138 valence electrons. The van der Waals surface area contributed by atoms with E-state index in [9.17, 15) is 4.79 Å². The molecule has 0 radical (unpaired) electrons. The normalized spacial score (nSPS) is 14.9. The molecule has 0 saturated carbocycles. The molecule has 2 aromatic carbocycles. The van der Waals surface area contributed by atoms with Crippen LogP contribution < -0.4 is 9.47 Å². The second-order valence-electron chi connectivity index (χ2n) is 6.68. The van der Waals surface area contributed by atoms with Gasteiger partial charge in [-0.1, -0.05) is 30.3 Å². The molecule has 5 nitrogen and oxygen atoms in total. The van der Waals surface area contributed by atoms with E-state index in [4.69, 9.17) is 9.47 Å². The van der Waals surface area contributed by atoms with Gasteiger partial charge in [-0.05, 0) is 35.0 Å². The Kier molecular flexibility index (Phi) is 5.19. The molecule has 1 aliphatic rings. The second kappa shape index (κ2) is 8.08. The summed E-state index contributed by atoms with van der Waals surface area (Å²) in [6.45, 7) is 1.43. The zero-order chi connectivity index (χ0) is 18.5. The number of rotatable bonds is 5. The first kappa shape index (κ1) is 17.3. The highest BCUT2D eigenvalue weighted by molar-refractivity contribution is 5.84. The van der Waals surface area contributed by atoms with Crippen molar-refractivity contribution >= 4 is 16.7 Å². The summed E-state index contributed by atoms with van der Waals surface area (Å²) in [6.07, 6.45) is 5.20.